The van der Waals surface area contributed by atoms with Crippen LogP contribution in [-0.4, -0.2) is 18.1 Å². The van der Waals surface area contributed by atoms with Crippen LogP contribution in [0.4, 0.5) is 5.69 Å². The van der Waals surface area contributed by atoms with E-state index in [-0.39, 0.29) is 5.97 Å². The van der Waals surface area contributed by atoms with Crippen LogP contribution in [0.25, 0.3) is 10.9 Å². The van der Waals surface area contributed by atoms with E-state index in [9.17, 15) is 4.79 Å². The number of aromatic nitrogens is 1. The van der Waals surface area contributed by atoms with Crippen molar-refractivity contribution in [2.24, 2.45) is 0 Å². The molecule has 0 aliphatic heterocycles. The first-order valence-electron chi connectivity index (χ1n) is 7.57. The monoisotopic (exact) mass is 308 g/mol. The van der Waals surface area contributed by atoms with Crippen molar-refractivity contribution in [1.82, 2.24) is 4.98 Å². The van der Waals surface area contributed by atoms with Gasteiger partial charge in [0.25, 0.3) is 0 Å². The maximum Gasteiger partial charge on any atom is 0.333 e. The van der Waals surface area contributed by atoms with Gasteiger partial charge in [0.1, 0.15) is 0 Å². The fraction of sp³-hybridized carbons (Fsp3) is 0.211. The summed E-state index contributed by atoms with van der Waals surface area (Å²) in [5.74, 6) is -0.313. The average Bonchev–Trinajstić information content (AvgIpc) is 2.96. The van der Waals surface area contributed by atoms with Crippen LogP contribution in [0.3, 0.4) is 0 Å². The van der Waals surface area contributed by atoms with Crippen LogP contribution in [0.2, 0.25) is 0 Å². The molecule has 0 saturated carbocycles. The van der Waals surface area contributed by atoms with E-state index in [4.69, 9.17) is 4.74 Å². The molecule has 2 aromatic carbocycles. The van der Waals surface area contributed by atoms with Crippen molar-refractivity contribution in [2.75, 3.05) is 12.4 Å². The third-order valence-corrected chi connectivity index (χ3v) is 3.98. The fourth-order valence-electron chi connectivity index (χ4n) is 2.70. The van der Waals surface area contributed by atoms with Gasteiger partial charge in [0.15, 0.2) is 6.04 Å². The molecule has 1 unspecified atom stereocenters. The summed E-state index contributed by atoms with van der Waals surface area (Å²) in [6.45, 7) is 4.08. The largest absolute Gasteiger partial charge is 0.467 e. The van der Waals surface area contributed by atoms with Gasteiger partial charge in [-0.1, -0.05) is 29.8 Å². The lowest BCUT2D eigenvalue weighted by atomic mass is 10.0. The number of benzene rings is 2. The molecule has 0 radical (unpaired) electrons. The van der Waals surface area contributed by atoms with Crippen molar-refractivity contribution in [3.8, 4) is 0 Å². The Morgan fingerprint density at radius 2 is 1.78 bits per heavy atom. The molecule has 1 atom stereocenters. The van der Waals surface area contributed by atoms with E-state index in [1.807, 2.05) is 56.4 Å². The molecule has 0 aliphatic rings. The number of rotatable bonds is 4. The average molecular weight is 308 g/mol. The van der Waals surface area contributed by atoms with Crippen LogP contribution >= 0.6 is 0 Å². The minimum Gasteiger partial charge on any atom is -0.467 e. The zero-order valence-corrected chi connectivity index (χ0v) is 13.5. The number of hydrogen-bond donors (Lipinski definition) is 2. The molecule has 0 fully saturated rings. The lowest BCUT2D eigenvalue weighted by Gasteiger charge is -2.17. The highest BCUT2D eigenvalue weighted by Gasteiger charge is 2.24. The predicted octanol–water partition coefficient (Wildman–Crippen LogP) is 4.11. The molecule has 1 aromatic heterocycles. The summed E-state index contributed by atoms with van der Waals surface area (Å²) in [4.78, 5) is 15.5. The van der Waals surface area contributed by atoms with Gasteiger partial charge in [-0.25, -0.2) is 4.79 Å². The third-order valence-electron chi connectivity index (χ3n) is 3.98. The van der Waals surface area contributed by atoms with Crippen LogP contribution in [0.15, 0.2) is 48.7 Å². The van der Waals surface area contributed by atoms with Crippen LogP contribution < -0.4 is 5.32 Å². The highest BCUT2D eigenvalue weighted by atomic mass is 16.5. The van der Waals surface area contributed by atoms with Gasteiger partial charge in [-0.2, -0.15) is 0 Å². The van der Waals surface area contributed by atoms with Crippen molar-refractivity contribution >= 4 is 22.6 Å². The number of carbonyl (C=O) groups excluding carboxylic acids is 1. The topological polar surface area (TPSA) is 54.1 Å². The Morgan fingerprint density at radius 3 is 2.48 bits per heavy atom. The fourth-order valence-corrected chi connectivity index (χ4v) is 2.70. The smallest absolute Gasteiger partial charge is 0.333 e. The van der Waals surface area contributed by atoms with Gasteiger partial charge in [0, 0.05) is 28.4 Å². The van der Waals surface area contributed by atoms with E-state index in [0.29, 0.717) is 0 Å². The molecular weight excluding hydrogens is 288 g/mol. The first kappa shape index (κ1) is 15.2. The summed E-state index contributed by atoms with van der Waals surface area (Å²) >= 11 is 0. The highest BCUT2D eigenvalue weighted by Crippen LogP contribution is 2.28. The van der Waals surface area contributed by atoms with Gasteiger partial charge < -0.3 is 15.0 Å². The minimum absolute atomic E-state index is 0.313. The number of aryl methyl sites for hydroxylation is 2. The van der Waals surface area contributed by atoms with Crippen molar-refractivity contribution in [1.29, 1.82) is 0 Å². The molecule has 118 valence electrons. The molecule has 23 heavy (non-hydrogen) atoms. The Labute approximate surface area is 135 Å². The first-order valence-corrected chi connectivity index (χ1v) is 7.57. The number of anilines is 1. The Bertz CT molecular complexity index is 834. The van der Waals surface area contributed by atoms with Crippen LogP contribution in [0, 0.1) is 13.8 Å². The molecule has 0 saturated heterocycles. The van der Waals surface area contributed by atoms with Crippen LogP contribution in [0.5, 0.6) is 0 Å². The summed E-state index contributed by atoms with van der Waals surface area (Å²) in [6.07, 6.45) is 1.87. The van der Waals surface area contributed by atoms with Gasteiger partial charge >= 0.3 is 5.97 Å². The second-order valence-electron chi connectivity index (χ2n) is 5.76. The SMILES string of the molecule is COC(=O)C(Nc1ccc(C)cc1)c1c[nH]c2cc(C)ccc12. The number of carbonyl (C=O) groups is 1. The minimum atomic E-state index is -0.556. The molecule has 1 heterocycles. The highest BCUT2D eigenvalue weighted by molar-refractivity contribution is 5.91. The summed E-state index contributed by atoms with van der Waals surface area (Å²) in [6, 6.07) is 13.5. The quantitative estimate of drug-likeness (QED) is 0.713. The molecule has 0 spiro atoms. The third kappa shape index (κ3) is 3.06. The van der Waals surface area contributed by atoms with Crippen LogP contribution in [0.1, 0.15) is 22.7 Å². The number of fused-ring (bicyclic) bond motifs is 1. The Kier molecular flexibility index (Phi) is 4.06. The van der Waals surface area contributed by atoms with E-state index in [2.05, 4.69) is 16.4 Å². The standard InChI is InChI=1S/C19H20N2O2/c1-12-4-7-14(8-5-12)21-18(19(22)23-3)16-11-20-17-10-13(2)6-9-15(16)17/h4-11,18,20-21H,1-3H3. The summed E-state index contributed by atoms with van der Waals surface area (Å²) < 4.78 is 4.99. The van der Waals surface area contributed by atoms with Gasteiger partial charge in [-0.05, 0) is 37.6 Å². The van der Waals surface area contributed by atoms with Gasteiger partial charge in [-0.3, -0.25) is 0 Å². The molecule has 0 bridgehead atoms. The number of methoxy groups -OCH3 is 1. The Morgan fingerprint density at radius 1 is 1.09 bits per heavy atom. The Hall–Kier alpha value is -2.75. The van der Waals surface area contributed by atoms with Crippen LogP contribution in [-0.2, 0) is 9.53 Å². The number of aromatic amines is 1. The molecule has 4 heteroatoms. The summed E-state index contributed by atoms with van der Waals surface area (Å²) in [5.41, 5.74) is 5.12. The van der Waals surface area contributed by atoms with E-state index in [0.717, 1.165) is 22.2 Å². The van der Waals surface area contributed by atoms with Gasteiger partial charge in [0.05, 0.1) is 7.11 Å². The number of H-pyrrole nitrogens is 1. The number of ether oxygens (including phenoxy) is 1. The first-order chi connectivity index (χ1) is 11.1. The molecule has 3 rings (SSSR count). The molecule has 0 aliphatic carbocycles. The van der Waals surface area contributed by atoms with Crippen molar-refractivity contribution in [3.63, 3.8) is 0 Å². The lowest BCUT2D eigenvalue weighted by Crippen LogP contribution is -2.22. The van der Waals surface area contributed by atoms with Gasteiger partial charge in [0.2, 0.25) is 0 Å². The second kappa shape index (κ2) is 6.16. The Balaban J connectivity index is 2.00. The summed E-state index contributed by atoms with van der Waals surface area (Å²) in [7, 11) is 1.41. The number of nitrogens with one attached hydrogen (secondary N) is 2. The molecule has 3 aromatic rings. The van der Waals surface area contributed by atoms with E-state index < -0.39 is 6.04 Å². The van der Waals surface area contributed by atoms with Crippen molar-refractivity contribution in [2.45, 2.75) is 19.9 Å². The number of esters is 1. The maximum atomic E-state index is 12.3. The summed E-state index contributed by atoms with van der Waals surface area (Å²) in [5, 5.41) is 4.29. The van der Waals surface area contributed by atoms with E-state index in [1.165, 1.54) is 18.2 Å². The second-order valence-corrected chi connectivity index (χ2v) is 5.76. The van der Waals surface area contributed by atoms with Crippen molar-refractivity contribution < 1.29 is 9.53 Å². The lowest BCUT2D eigenvalue weighted by molar-refractivity contribution is -0.141. The zero-order valence-electron chi connectivity index (χ0n) is 13.5. The van der Waals surface area contributed by atoms with Crippen molar-refractivity contribution in [3.05, 3.63) is 65.4 Å². The van der Waals surface area contributed by atoms with Gasteiger partial charge in [-0.15, -0.1) is 0 Å². The molecule has 0 amide bonds. The zero-order chi connectivity index (χ0) is 16.4. The molecule has 4 nitrogen and oxygen atoms in total. The van der Waals surface area contributed by atoms with E-state index in [1.54, 1.807) is 0 Å². The normalized spacial score (nSPS) is 12.1. The maximum absolute atomic E-state index is 12.3. The molecule has 2 N–H and O–H groups in total. The predicted molar refractivity (Wildman–Crippen MR) is 92.6 cm³/mol. The van der Waals surface area contributed by atoms with E-state index >= 15 is 0 Å². The number of hydrogen-bond acceptors (Lipinski definition) is 3. The molecular formula is C19H20N2O2.